The summed E-state index contributed by atoms with van der Waals surface area (Å²) in [7, 11) is 0. The van der Waals surface area contributed by atoms with E-state index >= 15 is 0 Å². The van der Waals surface area contributed by atoms with Crippen LogP contribution in [0.2, 0.25) is 0 Å². The molecule has 1 atom stereocenters. The van der Waals surface area contributed by atoms with E-state index in [0.29, 0.717) is 22.8 Å². The number of carbonyl (C=O) groups excluding carboxylic acids is 1. The van der Waals surface area contributed by atoms with Gasteiger partial charge in [-0.25, -0.2) is 0 Å². The van der Waals surface area contributed by atoms with Gasteiger partial charge >= 0.3 is 6.36 Å². The first-order valence-electron chi connectivity index (χ1n) is 10.5. The van der Waals surface area contributed by atoms with Gasteiger partial charge in [-0.1, -0.05) is 36.4 Å². The van der Waals surface area contributed by atoms with Crippen LogP contribution in [-0.2, 0) is 6.54 Å². The third kappa shape index (κ3) is 5.86. The van der Waals surface area contributed by atoms with Crippen LogP contribution < -0.4 is 21.1 Å². The van der Waals surface area contributed by atoms with Crippen molar-refractivity contribution in [1.82, 2.24) is 5.32 Å². The molecule has 1 heterocycles. The maximum Gasteiger partial charge on any atom is 0.573 e. The SMILES string of the molecule is CC(NCc1ccc(OC(F)(F)F)cc1)c1ccc2cc(C(=O)Nc3ccccc3N)sc2c1. The Bertz CT molecular complexity index is 1300. The third-order valence-corrected chi connectivity index (χ3v) is 6.34. The molecule has 0 aliphatic heterocycles. The van der Waals surface area contributed by atoms with E-state index in [4.69, 9.17) is 5.73 Å². The third-order valence-electron chi connectivity index (χ3n) is 5.25. The highest BCUT2D eigenvalue weighted by Crippen LogP contribution is 2.30. The standard InChI is InChI=1S/C25H22F3N3O2S/c1-15(30-14-16-6-10-19(11-7-16)33-25(26,27)28)17-8-9-18-13-23(34-22(18)12-17)24(32)31-21-5-3-2-4-20(21)29/h2-13,15,30H,14,29H2,1H3,(H,31,32). The van der Waals surface area contributed by atoms with Crippen molar-refractivity contribution in [3.63, 3.8) is 0 Å². The largest absolute Gasteiger partial charge is 0.573 e. The number of hydrogen-bond acceptors (Lipinski definition) is 5. The van der Waals surface area contributed by atoms with Crippen molar-refractivity contribution in [1.29, 1.82) is 0 Å². The minimum absolute atomic E-state index is 0.0148. The van der Waals surface area contributed by atoms with E-state index in [0.717, 1.165) is 21.2 Å². The number of carbonyl (C=O) groups is 1. The van der Waals surface area contributed by atoms with E-state index in [2.05, 4.69) is 15.4 Å². The molecule has 1 aromatic heterocycles. The van der Waals surface area contributed by atoms with Crippen LogP contribution in [0.4, 0.5) is 24.5 Å². The number of amides is 1. The summed E-state index contributed by atoms with van der Waals surface area (Å²) in [4.78, 5) is 13.3. The van der Waals surface area contributed by atoms with E-state index < -0.39 is 6.36 Å². The van der Waals surface area contributed by atoms with Crippen LogP contribution in [-0.4, -0.2) is 12.3 Å². The Morgan fingerprint density at radius 3 is 2.50 bits per heavy atom. The molecule has 0 radical (unpaired) electrons. The normalized spacial score (nSPS) is 12.5. The lowest BCUT2D eigenvalue weighted by atomic mass is 10.1. The summed E-state index contributed by atoms with van der Waals surface area (Å²) in [6, 6.07) is 20.7. The smallest absolute Gasteiger partial charge is 0.406 e. The first-order chi connectivity index (χ1) is 16.2. The number of halogens is 3. The average Bonchev–Trinajstić information content (AvgIpc) is 3.22. The highest BCUT2D eigenvalue weighted by molar-refractivity contribution is 7.20. The second kappa shape index (κ2) is 9.74. The summed E-state index contributed by atoms with van der Waals surface area (Å²) in [5.74, 6) is -0.466. The number of thiophene rings is 1. The van der Waals surface area contributed by atoms with Gasteiger partial charge < -0.3 is 21.1 Å². The number of anilines is 2. The average molecular weight is 486 g/mol. The highest BCUT2D eigenvalue weighted by atomic mass is 32.1. The van der Waals surface area contributed by atoms with Gasteiger partial charge in [0.1, 0.15) is 5.75 Å². The Morgan fingerprint density at radius 2 is 1.79 bits per heavy atom. The lowest BCUT2D eigenvalue weighted by Gasteiger charge is -2.15. The summed E-state index contributed by atoms with van der Waals surface area (Å²) in [6.45, 7) is 2.48. The number of benzene rings is 3. The Hall–Kier alpha value is -3.56. The molecule has 0 aliphatic rings. The minimum atomic E-state index is -4.70. The molecule has 176 valence electrons. The Labute approximate surface area is 198 Å². The number of nitrogens with two attached hydrogens (primary N) is 1. The molecule has 4 N–H and O–H groups in total. The van der Waals surface area contributed by atoms with Crippen LogP contribution in [0.1, 0.15) is 33.8 Å². The van der Waals surface area contributed by atoms with Crippen molar-refractivity contribution in [3.05, 3.63) is 88.8 Å². The number of hydrogen-bond donors (Lipinski definition) is 3. The molecule has 9 heteroatoms. The van der Waals surface area contributed by atoms with Crippen LogP contribution in [0.15, 0.2) is 72.8 Å². The van der Waals surface area contributed by atoms with Crippen molar-refractivity contribution in [2.24, 2.45) is 0 Å². The van der Waals surface area contributed by atoms with Crippen LogP contribution in [0, 0.1) is 0 Å². The number of para-hydroxylation sites is 2. The topological polar surface area (TPSA) is 76.4 Å². The molecule has 0 saturated carbocycles. The fourth-order valence-corrected chi connectivity index (χ4v) is 4.43. The monoisotopic (exact) mass is 485 g/mol. The molecular formula is C25H22F3N3O2S. The lowest BCUT2D eigenvalue weighted by Crippen LogP contribution is -2.18. The second-order valence-corrected chi connectivity index (χ2v) is 8.83. The molecule has 0 aliphatic carbocycles. The van der Waals surface area contributed by atoms with Crippen LogP contribution in [0.3, 0.4) is 0 Å². The van der Waals surface area contributed by atoms with Gasteiger partial charge in [0.15, 0.2) is 0 Å². The molecule has 0 spiro atoms. The van der Waals surface area contributed by atoms with Crippen LogP contribution in [0.25, 0.3) is 10.1 Å². The molecule has 4 rings (SSSR count). The number of rotatable bonds is 7. The Kier molecular flexibility index (Phi) is 6.76. The predicted molar refractivity (Wildman–Crippen MR) is 129 cm³/mol. The van der Waals surface area contributed by atoms with Crippen molar-refractivity contribution in [2.75, 3.05) is 11.1 Å². The fraction of sp³-hybridized carbons (Fsp3) is 0.160. The Morgan fingerprint density at radius 1 is 1.06 bits per heavy atom. The zero-order valence-electron chi connectivity index (χ0n) is 18.1. The molecule has 5 nitrogen and oxygen atoms in total. The quantitative estimate of drug-likeness (QED) is 0.262. The maximum atomic E-state index is 12.7. The van der Waals surface area contributed by atoms with Gasteiger partial charge in [-0.3, -0.25) is 4.79 Å². The highest BCUT2D eigenvalue weighted by Gasteiger charge is 2.30. The molecule has 4 aromatic rings. The molecule has 0 fully saturated rings. The zero-order chi connectivity index (χ0) is 24.3. The summed E-state index contributed by atoms with van der Waals surface area (Å²) in [5, 5.41) is 7.17. The second-order valence-electron chi connectivity index (χ2n) is 7.74. The molecule has 0 bridgehead atoms. The van der Waals surface area contributed by atoms with Crippen molar-refractivity contribution >= 4 is 38.7 Å². The predicted octanol–water partition coefficient (Wildman–Crippen LogP) is 6.49. The van der Waals surface area contributed by atoms with Gasteiger partial charge in [0, 0.05) is 17.3 Å². The molecule has 1 unspecified atom stereocenters. The van der Waals surface area contributed by atoms with E-state index in [9.17, 15) is 18.0 Å². The molecule has 3 aromatic carbocycles. The van der Waals surface area contributed by atoms with E-state index in [1.165, 1.54) is 23.5 Å². The van der Waals surface area contributed by atoms with Crippen molar-refractivity contribution in [2.45, 2.75) is 25.9 Å². The van der Waals surface area contributed by atoms with E-state index in [1.807, 2.05) is 37.3 Å². The summed E-state index contributed by atoms with van der Waals surface area (Å²) >= 11 is 1.40. The first-order valence-corrected chi connectivity index (χ1v) is 11.3. The number of ether oxygens (including phenoxy) is 1. The lowest BCUT2D eigenvalue weighted by molar-refractivity contribution is -0.274. The molecular weight excluding hydrogens is 463 g/mol. The molecule has 34 heavy (non-hydrogen) atoms. The summed E-state index contributed by atoms with van der Waals surface area (Å²) < 4.78 is 41.8. The maximum absolute atomic E-state index is 12.7. The summed E-state index contributed by atoms with van der Waals surface area (Å²) in [5.41, 5.74) is 8.84. The van der Waals surface area contributed by atoms with Gasteiger partial charge in [-0.05, 0) is 59.8 Å². The van der Waals surface area contributed by atoms with Gasteiger partial charge in [0.05, 0.1) is 16.3 Å². The number of fused-ring (bicyclic) bond motifs is 1. The van der Waals surface area contributed by atoms with E-state index in [1.54, 1.807) is 30.3 Å². The first kappa shape index (κ1) is 23.6. The van der Waals surface area contributed by atoms with Gasteiger partial charge in [0.2, 0.25) is 0 Å². The number of nitrogens with one attached hydrogen (secondary N) is 2. The number of alkyl halides is 3. The van der Waals surface area contributed by atoms with Gasteiger partial charge in [0.25, 0.3) is 5.91 Å². The van der Waals surface area contributed by atoms with Crippen molar-refractivity contribution in [3.8, 4) is 5.75 Å². The van der Waals surface area contributed by atoms with E-state index in [-0.39, 0.29) is 17.7 Å². The van der Waals surface area contributed by atoms with Crippen molar-refractivity contribution < 1.29 is 22.7 Å². The minimum Gasteiger partial charge on any atom is -0.406 e. The van der Waals surface area contributed by atoms with Crippen LogP contribution in [0.5, 0.6) is 5.75 Å². The van der Waals surface area contributed by atoms with Gasteiger partial charge in [-0.2, -0.15) is 0 Å². The Balaban J connectivity index is 1.40. The fourth-order valence-electron chi connectivity index (χ4n) is 3.42. The van der Waals surface area contributed by atoms with Crippen LogP contribution >= 0.6 is 11.3 Å². The zero-order valence-corrected chi connectivity index (χ0v) is 19.0. The molecule has 1 amide bonds. The molecule has 0 saturated heterocycles. The van der Waals surface area contributed by atoms with Gasteiger partial charge in [-0.15, -0.1) is 24.5 Å². The number of nitrogen functional groups attached to an aromatic ring is 1. The summed E-state index contributed by atoms with van der Waals surface area (Å²) in [6.07, 6.45) is -4.70.